The minimum Gasteiger partial charge on any atom is -0.323 e. The molecule has 5 aromatic rings. The molecule has 3 aromatic heterocycles. The van der Waals surface area contributed by atoms with Gasteiger partial charge in [0, 0.05) is 28.9 Å². The van der Waals surface area contributed by atoms with Gasteiger partial charge in [0.25, 0.3) is 0 Å². The fourth-order valence-electron chi connectivity index (χ4n) is 4.64. The van der Waals surface area contributed by atoms with Crippen molar-refractivity contribution < 1.29 is 0 Å². The number of nitrogens with zero attached hydrogens (tertiary/aromatic N) is 3. The second-order valence-electron chi connectivity index (χ2n) is 7.39. The van der Waals surface area contributed by atoms with Crippen LogP contribution in [0.3, 0.4) is 0 Å². The second kappa shape index (κ2) is 4.12. The maximum Gasteiger partial charge on any atom is 0.142 e. The molecule has 120 valence electrons. The van der Waals surface area contributed by atoms with Crippen LogP contribution < -0.4 is 0 Å². The normalized spacial score (nSPS) is 15.1. The Hall–Kier alpha value is -3.07. The van der Waals surface area contributed by atoms with E-state index in [1.54, 1.807) is 0 Å². The molecule has 0 atom stereocenters. The predicted octanol–water partition coefficient (Wildman–Crippen LogP) is 5.21. The summed E-state index contributed by atoms with van der Waals surface area (Å²) in [5.74, 6) is 1.07. The smallest absolute Gasteiger partial charge is 0.142 e. The summed E-state index contributed by atoms with van der Waals surface area (Å²) < 4.78 is 4.65. The average Bonchev–Trinajstić information content (AvgIpc) is 3.22. The molecule has 2 aromatic carbocycles. The molecule has 0 amide bonds. The summed E-state index contributed by atoms with van der Waals surface area (Å²) in [6.07, 6.45) is 4.36. The van der Waals surface area contributed by atoms with Crippen LogP contribution in [0.2, 0.25) is 0 Å². The third-order valence-corrected chi connectivity index (χ3v) is 5.63. The zero-order valence-electron chi connectivity index (χ0n) is 14.2. The van der Waals surface area contributed by atoms with Crippen LogP contribution in [0.15, 0.2) is 67.0 Å². The minimum atomic E-state index is -0.182. The summed E-state index contributed by atoms with van der Waals surface area (Å²) in [6.45, 7) is 4.62. The fourth-order valence-corrected chi connectivity index (χ4v) is 4.64. The number of fused-ring (bicyclic) bond motifs is 6. The van der Waals surface area contributed by atoms with Crippen LogP contribution >= 0.6 is 0 Å². The summed E-state index contributed by atoms with van der Waals surface area (Å²) in [4.78, 5) is 5.00. The van der Waals surface area contributed by atoms with Gasteiger partial charge in [0.05, 0.1) is 22.1 Å². The summed E-state index contributed by atoms with van der Waals surface area (Å²) in [6, 6.07) is 19.3. The number of rotatable bonds is 0. The van der Waals surface area contributed by atoms with E-state index in [0.29, 0.717) is 0 Å². The first kappa shape index (κ1) is 13.2. The maximum absolute atomic E-state index is 5.00. The van der Waals surface area contributed by atoms with Gasteiger partial charge in [-0.25, -0.2) is 4.98 Å². The Morgan fingerprint density at radius 1 is 0.880 bits per heavy atom. The third-order valence-electron chi connectivity index (χ3n) is 5.63. The molecule has 25 heavy (non-hydrogen) atoms. The van der Waals surface area contributed by atoms with Gasteiger partial charge in [0.15, 0.2) is 0 Å². The van der Waals surface area contributed by atoms with E-state index < -0.39 is 0 Å². The molecule has 1 aliphatic heterocycles. The van der Waals surface area contributed by atoms with Gasteiger partial charge in [0.1, 0.15) is 5.82 Å². The number of aromatic nitrogens is 3. The highest BCUT2D eigenvalue weighted by Crippen LogP contribution is 2.47. The van der Waals surface area contributed by atoms with E-state index in [9.17, 15) is 0 Å². The Morgan fingerprint density at radius 2 is 1.72 bits per heavy atom. The number of imidazole rings is 1. The highest BCUT2D eigenvalue weighted by molar-refractivity contribution is 6.04. The fraction of sp³-hybridized carbons (Fsp3) is 0.136. The SMILES string of the molecule is CC1(C)c2c3c(cccc3cn3cccc23)-c2nc3ccccc3n21. The van der Waals surface area contributed by atoms with Gasteiger partial charge >= 0.3 is 0 Å². The van der Waals surface area contributed by atoms with E-state index in [-0.39, 0.29) is 5.54 Å². The Balaban J connectivity index is 1.94. The second-order valence-corrected chi connectivity index (χ2v) is 7.39. The van der Waals surface area contributed by atoms with Crippen molar-refractivity contribution in [2.45, 2.75) is 19.4 Å². The highest BCUT2D eigenvalue weighted by atomic mass is 15.2. The van der Waals surface area contributed by atoms with E-state index >= 15 is 0 Å². The molecule has 0 bridgehead atoms. The Morgan fingerprint density at radius 3 is 2.64 bits per heavy atom. The van der Waals surface area contributed by atoms with Crippen molar-refractivity contribution in [1.82, 2.24) is 14.0 Å². The van der Waals surface area contributed by atoms with Gasteiger partial charge in [-0.1, -0.05) is 30.3 Å². The van der Waals surface area contributed by atoms with Crippen LogP contribution in [0.1, 0.15) is 19.4 Å². The topological polar surface area (TPSA) is 22.2 Å². The first-order valence-corrected chi connectivity index (χ1v) is 8.67. The molecule has 0 aliphatic carbocycles. The standard InChI is InChI=1S/C22H17N3/c1-22(2)20-18-11-6-12-24(18)13-14-7-5-8-15(19(14)20)21-23-16-9-3-4-10-17(16)25(21)22/h3-13H,1-2H3. The number of pyridine rings is 1. The van der Waals surface area contributed by atoms with Crippen LogP contribution in [0.5, 0.6) is 0 Å². The molecule has 3 nitrogen and oxygen atoms in total. The maximum atomic E-state index is 5.00. The number of benzene rings is 2. The van der Waals surface area contributed by atoms with Crippen LogP contribution in [0, 0.1) is 0 Å². The molecule has 0 fully saturated rings. The largest absolute Gasteiger partial charge is 0.323 e. The van der Waals surface area contributed by atoms with E-state index in [0.717, 1.165) is 11.3 Å². The van der Waals surface area contributed by atoms with E-state index in [2.05, 4.69) is 89.8 Å². The number of para-hydroxylation sites is 2. The lowest BCUT2D eigenvalue weighted by atomic mass is 9.83. The van der Waals surface area contributed by atoms with Gasteiger partial charge in [-0.3, -0.25) is 0 Å². The van der Waals surface area contributed by atoms with Crippen LogP contribution in [0.4, 0.5) is 0 Å². The number of hydrogen-bond acceptors (Lipinski definition) is 1. The van der Waals surface area contributed by atoms with E-state index in [1.807, 2.05) is 0 Å². The Kier molecular flexibility index (Phi) is 2.18. The molecule has 0 radical (unpaired) electrons. The highest BCUT2D eigenvalue weighted by Gasteiger charge is 2.36. The van der Waals surface area contributed by atoms with Gasteiger partial charge in [-0.2, -0.15) is 0 Å². The molecule has 4 heterocycles. The third kappa shape index (κ3) is 1.45. The first-order chi connectivity index (χ1) is 12.2. The Bertz CT molecular complexity index is 1320. The minimum absolute atomic E-state index is 0.182. The van der Waals surface area contributed by atoms with Crippen molar-refractivity contribution in [2.24, 2.45) is 0 Å². The Labute approximate surface area is 145 Å². The van der Waals surface area contributed by atoms with Crippen LogP contribution in [0.25, 0.3) is 38.7 Å². The van der Waals surface area contributed by atoms with Crippen molar-refractivity contribution in [3.05, 3.63) is 72.6 Å². The lowest BCUT2D eigenvalue weighted by molar-refractivity contribution is 0.455. The quantitative estimate of drug-likeness (QED) is 0.384. The lowest BCUT2D eigenvalue weighted by Crippen LogP contribution is -2.32. The van der Waals surface area contributed by atoms with Crippen molar-refractivity contribution >= 4 is 27.3 Å². The van der Waals surface area contributed by atoms with E-state index in [1.165, 1.54) is 32.9 Å². The summed E-state index contributed by atoms with van der Waals surface area (Å²) in [7, 11) is 0. The molecule has 0 spiro atoms. The van der Waals surface area contributed by atoms with Crippen molar-refractivity contribution in [3.8, 4) is 11.4 Å². The van der Waals surface area contributed by atoms with Gasteiger partial charge < -0.3 is 8.97 Å². The molecule has 0 N–H and O–H groups in total. The zero-order valence-corrected chi connectivity index (χ0v) is 14.2. The van der Waals surface area contributed by atoms with Crippen molar-refractivity contribution in [3.63, 3.8) is 0 Å². The van der Waals surface area contributed by atoms with Gasteiger partial charge in [0.2, 0.25) is 0 Å². The molecule has 0 unspecified atom stereocenters. The molecule has 1 aliphatic rings. The predicted molar refractivity (Wildman–Crippen MR) is 102 cm³/mol. The summed E-state index contributed by atoms with van der Waals surface area (Å²) in [5, 5.41) is 2.60. The molecular formula is C22H17N3. The molecule has 0 saturated carbocycles. The summed E-state index contributed by atoms with van der Waals surface area (Å²) in [5.41, 5.74) is 5.95. The molecule has 3 heteroatoms. The summed E-state index contributed by atoms with van der Waals surface area (Å²) >= 11 is 0. The molecular weight excluding hydrogens is 306 g/mol. The average molecular weight is 323 g/mol. The number of hydrogen-bond donors (Lipinski definition) is 0. The first-order valence-electron chi connectivity index (χ1n) is 8.67. The van der Waals surface area contributed by atoms with Crippen molar-refractivity contribution in [2.75, 3.05) is 0 Å². The monoisotopic (exact) mass is 323 g/mol. The van der Waals surface area contributed by atoms with Crippen molar-refractivity contribution in [1.29, 1.82) is 0 Å². The van der Waals surface area contributed by atoms with Crippen LogP contribution in [-0.2, 0) is 5.54 Å². The van der Waals surface area contributed by atoms with Gasteiger partial charge in [-0.05, 0) is 43.5 Å². The zero-order chi connectivity index (χ0) is 16.8. The molecule has 6 rings (SSSR count). The molecule has 0 saturated heterocycles. The lowest BCUT2D eigenvalue weighted by Gasteiger charge is -2.36. The van der Waals surface area contributed by atoms with Crippen LogP contribution in [-0.4, -0.2) is 14.0 Å². The van der Waals surface area contributed by atoms with E-state index in [4.69, 9.17) is 4.98 Å². The van der Waals surface area contributed by atoms with Gasteiger partial charge in [-0.15, -0.1) is 0 Å².